The van der Waals surface area contributed by atoms with Crippen LogP contribution in [0.1, 0.15) is 50.7 Å². The van der Waals surface area contributed by atoms with Gasteiger partial charge in [-0.2, -0.15) is 0 Å². The minimum atomic E-state index is -0.835. The van der Waals surface area contributed by atoms with E-state index in [1.54, 1.807) is 6.07 Å². The average Bonchev–Trinajstić information content (AvgIpc) is 2.73. The van der Waals surface area contributed by atoms with E-state index in [0.29, 0.717) is 5.69 Å². The normalized spacial score (nSPS) is 10.5. The SMILES string of the molecule is CC(=O)n1c(C)c(C(=O)Nc2ccc(C)cc2C)n(C(C)=O)c1=O. The zero-order valence-corrected chi connectivity index (χ0v) is 14.3. The van der Waals surface area contributed by atoms with Crippen molar-refractivity contribution in [2.45, 2.75) is 34.6 Å². The summed E-state index contributed by atoms with van der Waals surface area (Å²) < 4.78 is 1.54. The molecule has 0 radical (unpaired) electrons. The first-order chi connectivity index (χ1) is 11.1. The molecule has 1 N–H and O–H groups in total. The van der Waals surface area contributed by atoms with Gasteiger partial charge >= 0.3 is 5.69 Å². The van der Waals surface area contributed by atoms with Crippen LogP contribution in [0.2, 0.25) is 0 Å². The predicted molar refractivity (Wildman–Crippen MR) is 89.9 cm³/mol. The van der Waals surface area contributed by atoms with E-state index < -0.39 is 23.4 Å². The summed E-state index contributed by atoms with van der Waals surface area (Å²) in [5, 5.41) is 2.69. The number of imidazole rings is 1. The Kier molecular flexibility index (Phi) is 4.54. The van der Waals surface area contributed by atoms with Crippen LogP contribution < -0.4 is 11.0 Å². The van der Waals surface area contributed by atoms with Crippen LogP contribution >= 0.6 is 0 Å². The fraction of sp³-hybridized carbons (Fsp3) is 0.294. The first-order valence-electron chi connectivity index (χ1n) is 7.40. The van der Waals surface area contributed by atoms with Gasteiger partial charge in [0.2, 0.25) is 11.8 Å². The Morgan fingerprint density at radius 1 is 0.958 bits per heavy atom. The van der Waals surface area contributed by atoms with Crippen LogP contribution in [0.4, 0.5) is 5.69 Å². The molecule has 126 valence electrons. The molecule has 0 spiro atoms. The number of anilines is 1. The molecule has 24 heavy (non-hydrogen) atoms. The van der Waals surface area contributed by atoms with Gasteiger partial charge in [-0.15, -0.1) is 0 Å². The molecule has 7 nitrogen and oxygen atoms in total. The second-order valence-corrected chi connectivity index (χ2v) is 5.70. The lowest BCUT2D eigenvalue weighted by Gasteiger charge is -2.10. The van der Waals surface area contributed by atoms with Crippen LogP contribution in [-0.2, 0) is 0 Å². The zero-order chi connectivity index (χ0) is 18.2. The number of amides is 1. The van der Waals surface area contributed by atoms with Gasteiger partial charge in [-0.05, 0) is 32.4 Å². The molecule has 0 atom stereocenters. The first kappa shape index (κ1) is 17.4. The summed E-state index contributed by atoms with van der Waals surface area (Å²) in [5.41, 5.74) is 1.63. The number of benzene rings is 1. The molecule has 0 saturated heterocycles. The molecule has 0 unspecified atom stereocenters. The number of carbonyl (C=O) groups excluding carboxylic acids is 3. The molecule has 1 aromatic carbocycles. The van der Waals surface area contributed by atoms with E-state index in [0.717, 1.165) is 20.3 Å². The van der Waals surface area contributed by atoms with E-state index in [9.17, 15) is 19.2 Å². The van der Waals surface area contributed by atoms with Gasteiger partial charge in [0.05, 0.1) is 5.69 Å². The van der Waals surface area contributed by atoms with Crippen LogP contribution in [0.5, 0.6) is 0 Å². The quantitative estimate of drug-likeness (QED) is 0.914. The van der Waals surface area contributed by atoms with E-state index in [2.05, 4.69) is 5.32 Å². The van der Waals surface area contributed by atoms with Crippen molar-refractivity contribution in [1.82, 2.24) is 9.13 Å². The van der Waals surface area contributed by atoms with Gasteiger partial charge in [0.25, 0.3) is 5.91 Å². The highest BCUT2D eigenvalue weighted by Gasteiger charge is 2.26. The van der Waals surface area contributed by atoms with Crippen LogP contribution in [0, 0.1) is 20.8 Å². The molecule has 0 fully saturated rings. The number of nitrogens with zero attached hydrogens (tertiary/aromatic N) is 2. The van der Waals surface area contributed by atoms with Crippen molar-refractivity contribution >= 4 is 23.4 Å². The van der Waals surface area contributed by atoms with Gasteiger partial charge in [0.1, 0.15) is 5.69 Å². The van der Waals surface area contributed by atoms with Crippen molar-refractivity contribution in [3.8, 4) is 0 Å². The molecular weight excluding hydrogens is 310 g/mol. The number of hydrogen-bond donors (Lipinski definition) is 1. The van der Waals surface area contributed by atoms with Crippen LogP contribution in [0.15, 0.2) is 23.0 Å². The van der Waals surface area contributed by atoms with Crippen LogP contribution in [0.3, 0.4) is 0 Å². The third-order valence-electron chi connectivity index (χ3n) is 3.76. The summed E-state index contributed by atoms with van der Waals surface area (Å²) in [6.07, 6.45) is 0. The molecule has 1 amide bonds. The molecule has 0 bridgehead atoms. The van der Waals surface area contributed by atoms with Crippen molar-refractivity contribution < 1.29 is 14.4 Å². The minimum Gasteiger partial charge on any atom is -0.320 e. The predicted octanol–water partition coefficient (Wildman–Crippen LogP) is 2.15. The number of hydrogen-bond acceptors (Lipinski definition) is 4. The third kappa shape index (κ3) is 2.92. The molecule has 1 heterocycles. The molecule has 0 aliphatic rings. The van der Waals surface area contributed by atoms with Gasteiger partial charge in [0, 0.05) is 19.5 Å². The number of nitrogens with one attached hydrogen (secondary N) is 1. The summed E-state index contributed by atoms with van der Waals surface area (Å²) in [6.45, 7) is 7.60. The number of aryl methyl sites for hydroxylation is 2. The molecule has 7 heteroatoms. The minimum absolute atomic E-state index is 0.130. The third-order valence-corrected chi connectivity index (χ3v) is 3.76. The van der Waals surface area contributed by atoms with E-state index in [4.69, 9.17) is 0 Å². The summed E-state index contributed by atoms with van der Waals surface area (Å²) in [7, 11) is 0. The summed E-state index contributed by atoms with van der Waals surface area (Å²) in [4.78, 5) is 48.4. The summed E-state index contributed by atoms with van der Waals surface area (Å²) in [5.74, 6) is -1.81. The fourth-order valence-electron chi connectivity index (χ4n) is 2.67. The van der Waals surface area contributed by atoms with Crippen molar-refractivity contribution in [2.75, 3.05) is 5.32 Å². The second kappa shape index (κ2) is 6.27. The monoisotopic (exact) mass is 329 g/mol. The van der Waals surface area contributed by atoms with Crippen LogP contribution in [0.25, 0.3) is 0 Å². The largest absolute Gasteiger partial charge is 0.342 e. The highest BCUT2D eigenvalue weighted by molar-refractivity contribution is 6.06. The highest BCUT2D eigenvalue weighted by atomic mass is 16.2. The summed E-state index contributed by atoms with van der Waals surface area (Å²) >= 11 is 0. The molecule has 0 aliphatic heterocycles. The van der Waals surface area contributed by atoms with E-state index in [-0.39, 0.29) is 11.4 Å². The smallest absolute Gasteiger partial charge is 0.320 e. The second-order valence-electron chi connectivity index (χ2n) is 5.70. The highest BCUT2D eigenvalue weighted by Crippen LogP contribution is 2.18. The average molecular weight is 329 g/mol. The lowest BCUT2D eigenvalue weighted by molar-refractivity contribution is 0.0903. The Labute approximate surface area is 138 Å². The Bertz CT molecular complexity index is 919. The fourth-order valence-corrected chi connectivity index (χ4v) is 2.67. The Morgan fingerprint density at radius 3 is 2.04 bits per heavy atom. The Hall–Kier alpha value is -2.96. The van der Waals surface area contributed by atoms with E-state index >= 15 is 0 Å². The Balaban J connectivity index is 2.57. The molecule has 0 saturated carbocycles. The topological polar surface area (TPSA) is 90.2 Å². The lowest BCUT2D eigenvalue weighted by atomic mass is 10.1. The zero-order valence-electron chi connectivity index (χ0n) is 14.3. The van der Waals surface area contributed by atoms with Gasteiger partial charge < -0.3 is 5.32 Å². The van der Waals surface area contributed by atoms with Crippen molar-refractivity contribution in [3.05, 3.63) is 51.2 Å². The molecule has 1 aromatic heterocycles. The standard InChI is InChI=1S/C17H19N3O4/c1-9-6-7-14(10(2)8-9)18-16(23)15-11(3)19(12(4)21)17(24)20(15)13(5)22/h6-8H,1-5H3,(H,18,23). The number of carbonyl (C=O) groups is 3. The molecule has 2 rings (SSSR count). The first-order valence-corrected chi connectivity index (χ1v) is 7.40. The van der Waals surface area contributed by atoms with Gasteiger partial charge in [-0.1, -0.05) is 17.7 Å². The lowest BCUT2D eigenvalue weighted by Crippen LogP contribution is -2.32. The summed E-state index contributed by atoms with van der Waals surface area (Å²) in [6, 6.07) is 5.49. The van der Waals surface area contributed by atoms with Crippen molar-refractivity contribution in [1.29, 1.82) is 0 Å². The van der Waals surface area contributed by atoms with Crippen LogP contribution in [-0.4, -0.2) is 26.9 Å². The van der Waals surface area contributed by atoms with Crippen molar-refractivity contribution in [2.24, 2.45) is 0 Å². The number of aromatic nitrogens is 2. The Morgan fingerprint density at radius 2 is 1.54 bits per heavy atom. The van der Waals surface area contributed by atoms with E-state index in [1.807, 2.05) is 26.0 Å². The maximum Gasteiger partial charge on any atom is 0.342 e. The van der Waals surface area contributed by atoms with Gasteiger partial charge in [-0.25, -0.2) is 13.9 Å². The maximum absolute atomic E-state index is 12.6. The van der Waals surface area contributed by atoms with Gasteiger partial charge in [0.15, 0.2) is 0 Å². The molecule has 2 aromatic rings. The maximum atomic E-state index is 12.6. The molecular formula is C17H19N3O4. The number of rotatable bonds is 2. The van der Waals surface area contributed by atoms with E-state index in [1.165, 1.54) is 20.8 Å². The molecule has 0 aliphatic carbocycles. The van der Waals surface area contributed by atoms with Crippen molar-refractivity contribution in [3.63, 3.8) is 0 Å². The van der Waals surface area contributed by atoms with Gasteiger partial charge in [-0.3, -0.25) is 14.4 Å².